The molecule has 0 aliphatic heterocycles. The van der Waals surface area contributed by atoms with Crippen LogP contribution in [0.1, 0.15) is 44.0 Å². The molecule has 0 spiro atoms. The minimum Gasteiger partial charge on any atom is -0.399 e. The van der Waals surface area contributed by atoms with Gasteiger partial charge in [0.1, 0.15) is 5.82 Å². The van der Waals surface area contributed by atoms with Crippen LogP contribution in [-0.2, 0) is 0 Å². The third kappa shape index (κ3) is 4.73. The highest BCUT2D eigenvalue weighted by Crippen LogP contribution is 2.12. The van der Waals surface area contributed by atoms with Crippen LogP contribution in [-0.4, -0.2) is 11.9 Å². The summed E-state index contributed by atoms with van der Waals surface area (Å²) in [7, 11) is 0. The average Bonchev–Trinajstić information content (AvgIpc) is 2.25. The second-order valence-electron chi connectivity index (χ2n) is 5.12. The Bertz CT molecular complexity index is 398. The fraction of sp³-hybridized carbons (Fsp3) is 0.500. The lowest BCUT2D eigenvalue weighted by molar-refractivity contribution is 0.0937. The van der Waals surface area contributed by atoms with Crippen molar-refractivity contribution in [1.82, 2.24) is 5.32 Å². The van der Waals surface area contributed by atoms with Gasteiger partial charge in [0.2, 0.25) is 0 Å². The van der Waals surface area contributed by atoms with Crippen LogP contribution in [0.4, 0.5) is 10.1 Å². The smallest absolute Gasteiger partial charge is 0.251 e. The van der Waals surface area contributed by atoms with Gasteiger partial charge in [0.15, 0.2) is 0 Å². The molecule has 3 nitrogen and oxygen atoms in total. The van der Waals surface area contributed by atoms with E-state index in [0.717, 1.165) is 12.8 Å². The summed E-state index contributed by atoms with van der Waals surface area (Å²) in [5.41, 5.74) is 6.03. The van der Waals surface area contributed by atoms with Crippen LogP contribution in [0, 0.1) is 11.7 Å². The summed E-state index contributed by atoms with van der Waals surface area (Å²) in [5, 5.41) is 2.84. The minimum absolute atomic E-state index is 0.0735. The van der Waals surface area contributed by atoms with Gasteiger partial charge in [-0.3, -0.25) is 4.79 Å². The highest BCUT2D eigenvalue weighted by molar-refractivity contribution is 5.95. The molecule has 1 aromatic rings. The molecule has 0 aliphatic rings. The quantitative estimate of drug-likeness (QED) is 0.792. The number of carbonyl (C=O) groups is 1. The van der Waals surface area contributed by atoms with E-state index in [1.54, 1.807) is 0 Å². The third-order valence-corrected chi connectivity index (χ3v) is 2.74. The number of carbonyl (C=O) groups excluding carboxylic acids is 1. The Kier molecular flexibility index (Phi) is 5.13. The topological polar surface area (TPSA) is 55.1 Å². The van der Waals surface area contributed by atoms with Gasteiger partial charge in [0, 0.05) is 17.3 Å². The molecule has 1 aromatic carbocycles. The number of nitrogens with two attached hydrogens (primary N) is 1. The highest BCUT2D eigenvalue weighted by Gasteiger charge is 2.11. The van der Waals surface area contributed by atoms with Crippen molar-refractivity contribution in [2.45, 2.75) is 39.7 Å². The van der Waals surface area contributed by atoms with Gasteiger partial charge in [0.05, 0.1) is 0 Å². The number of nitrogen functional groups attached to an aromatic ring is 1. The standard InChI is InChI=1S/C14H21FN2O/c1-9(2)4-5-10(3)17-14(18)11-6-12(15)8-13(16)7-11/h6-10H,4-5,16H2,1-3H3,(H,17,18). The van der Waals surface area contributed by atoms with Crippen LogP contribution < -0.4 is 11.1 Å². The lowest BCUT2D eigenvalue weighted by Crippen LogP contribution is -2.32. The molecule has 1 amide bonds. The summed E-state index contributed by atoms with van der Waals surface area (Å²) in [6.07, 6.45) is 1.96. The van der Waals surface area contributed by atoms with E-state index in [4.69, 9.17) is 5.73 Å². The summed E-state index contributed by atoms with van der Waals surface area (Å²) in [6, 6.07) is 3.94. The van der Waals surface area contributed by atoms with Gasteiger partial charge >= 0.3 is 0 Å². The normalized spacial score (nSPS) is 12.5. The van der Waals surface area contributed by atoms with Crippen molar-refractivity contribution < 1.29 is 9.18 Å². The Balaban J connectivity index is 2.59. The second kappa shape index (κ2) is 6.38. The second-order valence-corrected chi connectivity index (χ2v) is 5.12. The average molecular weight is 252 g/mol. The molecule has 0 bridgehead atoms. The molecule has 3 N–H and O–H groups in total. The first-order valence-corrected chi connectivity index (χ1v) is 6.25. The maximum atomic E-state index is 13.1. The number of benzene rings is 1. The zero-order chi connectivity index (χ0) is 13.7. The lowest BCUT2D eigenvalue weighted by atomic mass is 10.0. The van der Waals surface area contributed by atoms with E-state index in [1.807, 2.05) is 6.92 Å². The molecule has 0 aromatic heterocycles. The van der Waals surface area contributed by atoms with Gasteiger partial charge in [-0.05, 0) is 43.9 Å². The van der Waals surface area contributed by atoms with Gasteiger partial charge in [-0.2, -0.15) is 0 Å². The fourth-order valence-corrected chi connectivity index (χ4v) is 1.71. The molecule has 1 rings (SSSR count). The largest absolute Gasteiger partial charge is 0.399 e. The fourth-order valence-electron chi connectivity index (χ4n) is 1.71. The van der Waals surface area contributed by atoms with Crippen LogP contribution in [0.15, 0.2) is 18.2 Å². The maximum Gasteiger partial charge on any atom is 0.251 e. The highest BCUT2D eigenvalue weighted by atomic mass is 19.1. The number of halogens is 1. The first-order chi connectivity index (χ1) is 8.38. The van der Waals surface area contributed by atoms with Gasteiger partial charge in [-0.1, -0.05) is 13.8 Å². The van der Waals surface area contributed by atoms with E-state index in [1.165, 1.54) is 18.2 Å². The molecule has 18 heavy (non-hydrogen) atoms. The van der Waals surface area contributed by atoms with Crippen molar-refractivity contribution in [2.24, 2.45) is 5.92 Å². The van der Waals surface area contributed by atoms with Crippen LogP contribution in [0.5, 0.6) is 0 Å². The van der Waals surface area contributed by atoms with E-state index in [0.29, 0.717) is 5.92 Å². The molecule has 4 heteroatoms. The molecule has 0 radical (unpaired) electrons. The van der Waals surface area contributed by atoms with Crippen molar-refractivity contribution in [3.63, 3.8) is 0 Å². The van der Waals surface area contributed by atoms with Gasteiger partial charge in [-0.25, -0.2) is 4.39 Å². The van der Waals surface area contributed by atoms with Gasteiger partial charge < -0.3 is 11.1 Å². The van der Waals surface area contributed by atoms with Crippen molar-refractivity contribution in [3.8, 4) is 0 Å². The van der Waals surface area contributed by atoms with Crippen molar-refractivity contribution in [1.29, 1.82) is 0 Å². The first kappa shape index (κ1) is 14.5. The van der Waals surface area contributed by atoms with Crippen molar-refractivity contribution in [3.05, 3.63) is 29.6 Å². The maximum absolute atomic E-state index is 13.1. The third-order valence-electron chi connectivity index (χ3n) is 2.74. The Morgan fingerprint density at radius 3 is 2.50 bits per heavy atom. The van der Waals surface area contributed by atoms with E-state index < -0.39 is 5.82 Å². The van der Waals surface area contributed by atoms with E-state index >= 15 is 0 Å². The summed E-state index contributed by atoms with van der Waals surface area (Å²) >= 11 is 0. The number of hydrogen-bond donors (Lipinski definition) is 2. The Hall–Kier alpha value is -1.58. The van der Waals surface area contributed by atoms with Crippen molar-refractivity contribution in [2.75, 3.05) is 5.73 Å². The Labute approximate surface area is 108 Å². The predicted molar refractivity (Wildman–Crippen MR) is 71.8 cm³/mol. The molecule has 0 saturated heterocycles. The zero-order valence-electron chi connectivity index (χ0n) is 11.2. The van der Waals surface area contributed by atoms with Crippen LogP contribution >= 0.6 is 0 Å². The monoisotopic (exact) mass is 252 g/mol. The molecule has 0 fully saturated rings. The molecule has 0 saturated carbocycles. The summed E-state index contributed by atoms with van der Waals surface area (Å²) in [5.74, 6) is -0.165. The van der Waals surface area contributed by atoms with Crippen molar-refractivity contribution >= 4 is 11.6 Å². The molecular formula is C14H21FN2O. The molecule has 100 valence electrons. The Morgan fingerprint density at radius 1 is 1.28 bits per heavy atom. The van der Waals surface area contributed by atoms with Gasteiger partial charge in [0.25, 0.3) is 5.91 Å². The minimum atomic E-state index is -0.491. The summed E-state index contributed by atoms with van der Waals surface area (Å²) in [6.45, 7) is 6.23. The summed E-state index contributed by atoms with van der Waals surface area (Å²) in [4.78, 5) is 11.9. The van der Waals surface area contributed by atoms with E-state index in [2.05, 4.69) is 19.2 Å². The number of amides is 1. The number of anilines is 1. The van der Waals surface area contributed by atoms with E-state index in [-0.39, 0.29) is 23.2 Å². The zero-order valence-corrected chi connectivity index (χ0v) is 11.2. The van der Waals surface area contributed by atoms with Crippen LogP contribution in [0.3, 0.4) is 0 Å². The number of rotatable bonds is 5. The number of hydrogen-bond acceptors (Lipinski definition) is 2. The predicted octanol–water partition coefficient (Wildman–Crippen LogP) is 2.96. The SMILES string of the molecule is CC(C)CCC(C)NC(=O)c1cc(N)cc(F)c1. The lowest BCUT2D eigenvalue weighted by Gasteiger charge is -2.15. The van der Waals surface area contributed by atoms with Crippen LogP contribution in [0.25, 0.3) is 0 Å². The summed E-state index contributed by atoms with van der Waals surface area (Å²) < 4.78 is 13.1. The first-order valence-electron chi connectivity index (χ1n) is 6.25. The Morgan fingerprint density at radius 2 is 1.94 bits per heavy atom. The van der Waals surface area contributed by atoms with Crippen LogP contribution in [0.2, 0.25) is 0 Å². The number of nitrogens with one attached hydrogen (secondary N) is 1. The molecule has 0 aliphatic carbocycles. The molecule has 1 atom stereocenters. The van der Waals surface area contributed by atoms with E-state index in [9.17, 15) is 9.18 Å². The molecular weight excluding hydrogens is 231 g/mol. The van der Waals surface area contributed by atoms with Gasteiger partial charge in [-0.15, -0.1) is 0 Å². The molecule has 1 unspecified atom stereocenters. The molecule has 0 heterocycles.